The van der Waals surface area contributed by atoms with Gasteiger partial charge in [-0.15, -0.1) is 0 Å². The number of rotatable bonds is 3. The highest BCUT2D eigenvalue weighted by molar-refractivity contribution is 5.98. The number of nitrogens with zero attached hydrogens (tertiary/aromatic N) is 3. The smallest absolute Gasteiger partial charge is 0.255 e. The van der Waals surface area contributed by atoms with Crippen LogP contribution in [0.25, 0.3) is 5.57 Å². The molecule has 1 fully saturated rings. The van der Waals surface area contributed by atoms with Gasteiger partial charge in [-0.1, -0.05) is 25.1 Å². The molecule has 0 spiro atoms. The van der Waals surface area contributed by atoms with Crippen molar-refractivity contribution in [3.63, 3.8) is 0 Å². The van der Waals surface area contributed by atoms with Crippen molar-refractivity contribution in [2.75, 3.05) is 38.6 Å². The minimum Gasteiger partial charge on any atom is -0.378 e. The zero-order valence-corrected chi connectivity index (χ0v) is 18.4. The molecule has 0 radical (unpaired) electrons. The van der Waals surface area contributed by atoms with E-state index in [9.17, 15) is 4.79 Å². The molecule has 5 nitrogen and oxygen atoms in total. The molecule has 1 aromatic rings. The molecule has 0 aliphatic carbocycles. The number of amides is 1. The highest BCUT2D eigenvalue weighted by Crippen LogP contribution is 2.32. The first-order valence-electron chi connectivity index (χ1n) is 10.8. The fraction of sp³-hybridized carbons (Fsp3) is 0.400. The van der Waals surface area contributed by atoms with Gasteiger partial charge >= 0.3 is 0 Å². The van der Waals surface area contributed by atoms with Crippen molar-refractivity contribution in [2.45, 2.75) is 26.3 Å². The first-order valence-corrected chi connectivity index (χ1v) is 10.8. The Hall–Kier alpha value is -2.79. The molecule has 3 aliphatic rings. The van der Waals surface area contributed by atoms with E-state index >= 15 is 0 Å². The minimum atomic E-state index is 0.0181. The van der Waals surface area contributed by atoms with Crippen molar-refractivity contribution in [3.8, 4) is 0 Å². The SMILES string of the molecule is CC1CN(C2=CN3C(=O)C=C(c4ccc(N(C)C)cc4)C(C)CC=C3C=C2)CCN1. The second-order valence-electron chi connectivity index (χ2n) is 8.70. The third-order valence-corrected chi connectivity index (χ3v) is 6.14. The number of anilines is 1. The molecule has 3 aliphatic heterocycles. The summed E-state index contributed by atoms with van der Waals surface area (Å²) < 4.78 is 0. The Bertz CT molecular complexity index is 923. The summed E-state index contributed by atoms with van der Waals surface area (Å²) in [6.07, 6.45) is 11.1. The van der Waals surface area contributed by atoms with E-state index in [0.717, 1.165) is 54.3 Å². The van der Waals surface area contributed by atoms with E-state index in [1.165, 1.54) is 0 Å². The Morgan fingerprint density at radius 3 is 2.50 bits per heavy atom. The van der Waals surface area contributed by atoms with Crippen LogP contribution in [0.2, 0.25) is 0 Å². The van der Waals surface area contributed by atoms with Crippen molar-refractivity contribution < 1.29 is 4.79 Å². The van der Waals surface area contributed by atoms with E-state index in [-0.39, 0.29) is 11.8 Å². The summed E-state index contributed by atoms with van der Waals surface area (Å²) in [4.78, 5) is 19.5. The maximum absolute atomic E-state index is 13.3. The van der Waals surface area contributed by atoms with Gasteiger partial charge < -0.3 is 15.1 Å². The quantitative estimate of drug-likeness (QED) is 0.836. The van der Waals surface area contributed by atoms with Crippen LogP contribution >= 0.6 is 0 Å². The molecule has 30 heavy (non-hydrogen) atoms. The third-order valence-electron chi connectivity index (χ3n) is 6.14. The number of piperazine rings is 1. The highest BCUT2D eigenvalue weighted by atomic mass is 16.2. The van der Waals surface area contributed by atoms with Gasteiger partial charge in [0, 0.05) is 63.4 Å². The maximum atomic E-state index is 13.3. The maximum Gasteiger partial charge on any atom is 0.255 e. The summed E-state index contributed by atoms with van der Waals surface area (Å²) in [5.74, 6) is 0.297. The molecule has 4 rings (SSSR count). The van der Waals surface area contributed by atoms with Gasteiger partial charge in [-0.05, 0) is 54.7 Å². The van der Waals surface area contributed by atoms with Gasteiger partial charge in [-0.25, -0.2) is 0 Å². The van der Waals surface area contributed by atoms with Gasteiger partial charge in [0.1, 0.15) is 0 Å². The van der Waals surface area contributed by atoms with Crippen molar-refractivity contribution in [1.29, 1.82) is 0 Å². The van der Waals surface area contributed by atoms with Crippen molar-refractivity contribution >= 4 is 17.2 Å². The normalized spacial score (nSPS) is 24.4. The average Bonchev–Trinajstić information content (AvgIpc) is 2.74. The number of allylic oxidation sites excluding steroid dienone is 4. The first-order chi connectivity index (χ1) is 14.4. The predicted octanol–water partition coefficient (Wildman–Crippen LogP) is 3.59. The molecule has 3 heterocycles. The second kappa shape index (κ2) is 8.52. The number of carbonyl (C=O) groups excluding carboxylic acids is 1. The van der Waals surface area contributed by atoms with E-state index in [4.69, 9.17) is 0 Å². The van der Waals surface area contributed by atoms with Gasteiger partial charge in [-0.2, -0.15) is 0 Å². The van der Waals surface area contributed by atoms with E-state index in [0.29, 0.717) is 6.04 Å². The molecular formula is C25H32N4O. The van der Waals surface area contributed by atoms with Crippen LogP contribution in [0.1, 0.15) is 25.8 Å². The predicted molar refractivity (Wildman–Crippen MR) is 124 cm³/mol. The number of hydrogen-bond donors (Lipinski definition) is 1. The second-order valence-corrected chi connectivity index (χ2v) is 8.70. The lowest BCUT2D eigenvalue weighted by molar-refractivity contribution is -0.122. The molecule has 0 bridgehead atoms. The summed E-state index contributed by atoms with van der Waals surface area (Å²) in [7, 11) is 4.07. The topological polar surface area (TPSA) is 38.8 Å². The van der Waals surface area contributed by atoms with Crippen LogP contribution in [0, 0.1) is 5.92 Å². The minimum absolute atomic E-state index is 0.0181. The number of carbonyl (C=O) groups is 1. The fourth-order valence-corrected chi connectivity index (χ4v) is 4.30. The standard InChI is InChI=1S/C25H32N4O/c1-18-5-8-22-11-12-23(28-14-13-26-19(2)16-28)17-29(22)25(30)15-24(18)20-6-9-21(10-7-20)27(3)4/h6-12,15,17-19,26H,5,13-14,16H2,1-4H3. The summed E-state index contributed by atoms with van der Waals surface area (Å²) in [6.45, 7) is 7.27. The molecule has 2 atom stereocenters. The van der Waals surface area contributed by atoms with Crippen LogP contribution in [-0.2, 0) is 4.79 Å². The lowest BCUT2D eigenvalue weighted by Gasteiger charge is -2.36. The molecule has 1 aromatic carbocycles. The van der Waals surface area contributed by atoms with Crippen LogP contribution in [0.15, 0.2) is 66.2 Å². The fourth-order valence-electron chi connectivity index (χ4n) is 4.30. The Morgan fingerprint density at radius 1 is 1.07 bits per heavy atom. The number of hydrogen-bond acceptors (Lipinski definition) is 4. The Balaban J connectivity index is 1.62. The molecule has 1 N–H and O–H groups in total. The summed E-state index contributed by atoms with van der Waals surface area (Å²) in [5, 5.41) is 3.48. The Labute approximate surface area is 180 Å². The van der Waals surface area contributed by atoms with Crippen LogP contribution < -0.4 is 10.2 Å². The van der Waals surface area contributed by atoms with Crippen LogP contribution in [0.5, 0.6) is 0 Å². The summed E-state index contributed by atoms with van der Waals surface area (Å²) in [6, 6.07) is 8.92. The highest BCUT2D eigenvalue weighted by Gasteiger charge is 2.25. The van der Waals surface area contributed by atoms with Crippen LogP contribution in [-0.4, -0.2) is 55.5 Å². The summed E-state index contributed by atoms with van der Waals surface area (Å²) in [5.41, 5.74) is 5.45. The van der Waals surface area contributed by atoms with Crippen LogP contribution in [0.4, 0.5) is 5.69 Å². The molecule has 1 saturated heterocycles. The largest absolute Gasteiger partial charge is 0.378 e. The zero-order valence-electron chi connectivity index (χ0n) is 18.4. The van der Waals surface area contributed by atoms with Crippen LogP contribution in [0.3, 0.4) is 0 Å². The molecule has 158 valence electrons. The van der Waals surface area contributed by atoms with E-state index in [2.05, 4.69) is 71.5 Å². The zero-order chi connectivity index (χ0) is 21.3. The molecule has 0 aromatic heterocycles. The number of benzene rings is 1. The number of fused-ring (bicyclic) bond motifs is 1. The molecule has 1 amide bonds. The van der Waals surface area contributed by atoms with Crippen molar-refractivity contribution in [3.05, 3.63) is 71.7 Å². The van der Waals surface area contributed by atoms with Gasteiger partial charge in [0.25, 0.3) is 5.91 Å². The van der Waals surface area contributed by atoms with Gasteiger partial charge in [0.2, 0.25) is 0 Å². The van der Waals surface area contributed by atoms with Gasteiger partial charge in [0.05, 0.1) is 5.70 Å². The number of nitrogens with one attached hydrogen (secondary N) is 1. The summed E-state index contributed by atoms with van der Waals surface area (Å²) >= 11 is 0. The van der Waals surface area contributed by atoms with Crippen molar-refractivity contribution in [2.24, 2.45) is 5.92 Å². The lowest BCUT2D eigenvalue weighted by Crippen LogP contribution is -2.48. The first kappa shape index (κ1) is 20.5. The monoisotopic (exact) mass is 404 g/mol. The molecule has 0 saturated carbocycles. The van der Waals surface area contributed by atoms with E-state index in [1.54, 1.807) is 0 Å². The average molecular weight is 405 g/mol. The Morgan fingerprint density at radius 2 is 1.80 bits per heavy atom. The lowest BCUT2D eigenvalue weighted by atomic mass is 9.89. The third kappa shape index (κ3) is 4.21. The Kier molecular flexibility index (Phi) is 5.82. The van der Waals surface area contributed by atoms with Crippen molar-refractivity contribution in [1.82, 2.24) is 15.1 Å². The van der Waals surface area contributed by atoms with E-state index < -0.39 is 0 Å². The van der Waals surface area contributed by atoms with Gasteiger partial charge in [-0.3, -0.25) is 9.69 Å². The molecule has 5 heteroatoms. The van der Waals surface area contributed by atoms with Gasteiger partial charge in [0.15, 0.2) is 0 Å². The molecular weight excluding hydrogens is 372 g/mol. The molecule has 2 unspecified atom stereocenters. The van der Waals surface area contributed by atoms with E-state index in [1.807, 2.05) is 31.3 Å².